The number of carbonyl (C=O) groups is 1. The van der Waals surface area contributed by atoms with Crippen LogP contribution in [0.3, 0.4) is 0 Å². The maximum absolute atomic E-state index is 12.4. The first kappa shape index (κ1) is 13.0. The van der Waals surface area contributed by atoms with E-state index in [0.29, 0.717) is 26.7 Å². The van der Waals surface area contributed by atoms with Crippen LogP contribution in [0, 0.1) is 6.92 Å². The van der Waals surface area contributed by atoms with Gasteiger partial charge in [0.05, 0.1) is 4.88 Å². The molecule has 0 saturated carbocycles. The number of thiazole rings is 1. The molecule has 0 fully saturated rings. The highest BCUT2D eigenvalue weighted by molar-refractivity contribution is 7.23. The number of aromatic carboxylic acids is 1. The second-order valence-electron chi connectivity index (χ2n) is 3.46. The average molecular weight is 293 g/mol. The molecular weight excluding hydrogens is 287 g/mol. The van der Waals surface area contributed by atoms with Crippen LogP contribution in [0.5, 0.6) is 0 Å². The van der Waals surface area contributed by atoms with E-state index in [4.69, 9.17) is 5.11 Å². The van der Waals surface area contributed by atoms with Crippen molar-refractivity contribution >= 4 is 28.6 Å². The number of carboxylic acids is 1. The molecule has 0 radical (unpaired) electrons. The van der Waals surface area contributed by atoms with E-state index >= 15 is 0 Å². The second kappa shape index (κ2) is 4.36. The number of aromatic nitrogens is 1. The highest BCUT2D eigenvalue weighted by Crippen LogP contribution is 2.40. The molecule has 0 unspecified atom stereocenters. The van der Waals surface area contributed by atoms with Crippen LogP contribution in [-0.4, -0.2) is 16.1 Å². The Morgan fingerprint density at radius 3 is 2.50 bits per heavy atom. The molecule has 0 atom stereocenters. The molecule has 3 nitrogen and oxygen atoms in total. The Bertz CT molecular complexity index is 601. The summed E-state index contributed by atoms with van der Waals surface area (Å²) in [6.45, 7) is 1.66. The number of thiophene rings is 1. The third-order valence-corrected chi connectivity index (χ3v) is 4.55. The summed E-state index contributed by atoms with van der Waals surface area (Å²) in [7, 11) is 0. The zero-order valence-electron chi connectivity index (χ0n) is 8.91. The molecule has 0 aromatic carbocycles. The van der Waals surface area contributed by atoms with Crippen molar-refractivity contribution in [2.75, 3.05) is 0 Å². The van der Waals surface area contributed by atoms with Crippen molar-refractivity contribution < 1.29 is 23.1 Å². The number of carboxylic acid groups (broad SMARTS) is 1. The largest absolute Gasteiger partial charge is 0.477 e. The quantitative estimate of drug-likeness (QED) is 0.913. The van der Waals surface area contributed by atoms with Crippen LogP contribution in [0.25, 0.3) is 9.75 Å². The molecular formula is C10H6F3NO2S2. The molecule has 18 heavy (non-hydrogen) atoms. The summed E-state index contributed by atoms with van der Waals surface area (Å²) in [5, 5.41) is 7.89. The molecule has 8 heteroatoms. The summed E-state index contributed by atoms with van der Waals surface area (Å²) < 4.78 is 37.2. The van der Waals surface area contributed by atoms with Gasteiger partial charge in [0.1, 0.15) is 4.88 Å². The lowest BCUT2D eigenvalue weighted by Gasteiger charge is -1.98. The fraction of sp³-hybridized carbons (Fsp3) is 0.200. The normalized spacial score (nSPS) is 11.8. The smallest absolute Gasteiger partial charge is 0.443 e. The molecule has 0 amide bonds. The summed E-state index contributed by atoms with van der Waals surface area (Å²) in [5.74, 6) is -1.09. The number of nitrogens with zero attached hydrogens (tertiary/aromatic N) is 1. The van der Waals surface area contributed by atoms with Gasteiger partial charge in [0.2, 0.25) is 0 Å². The van der Waals surface area contributed by atoms with Crippen molar-refractivity contribution in [3.63, 3.8) is 0 Å². The number of halogens is 3. The Balaban J connectivity index is 2.43. The highest BCUT2D eigenvalue weighted by Gasteiger charge is 2.35. The van der Waals surface area contributed by atoms with Gasteiger partial charge in [0, 0.05) is 11.1 Å². The summed E-state index contributed by atoms with van der Waals surface area (Å²) in [4.78, 5) is 15.0. The van der Waals surface area contributed by atoms with Crippen molar-refractivity contribution in [1.29, 1.82) is 0 Å². The van der Waals surface area contributed by atoms with Crippen molar-refractivity contribution in [3.05, 3.63) is 27.7 Å². The standard InChI is InChI=1S/C10H6F3NO2S2/c1-4-2-5(8(15)16)17-7(4)6-3-14-9(18-6)10(11,12)13/h2-3H,1H3,(H,15,16). The van der Waals surface area contributed by atoms with Gasteiger partial charge in [0.15, 0.2) is 5.01 Å². The van der Waals surface area contributed by atoms with Gasteiger partial charge in [-0.15, -0.1) is 22.7 Å². The Hall–Kier alpha value is -1.41. The average Bonchev–Trinajstić information content (AvgIpc) is 2.81. The van der Waals surface area contributed by atoms with E-state index in [1.165, 1.54) is 6.07 Å². The van der Waals surface area contributed by atoms with Crippen molar-refractivity contribution in [3.8, 4) is 9.75 Å². The Morgan fingerprint density at radius 2 is 2.06 bits per heavy atom. The lowest BCUT2D eigenvalue weighted by atomic mass is 10.2. The van der Waals surface area contributed by atoms with E-state index in [9.17, 15) is 18.0 Å². The van der Waals surface area contributed by atoms with Gasteiger partial charge in [-0.25, -0.2) is 9.78 Å². The maximum atomic E-state index is 12.4. The third-order valence-electron chi connectivity index (χ3n) is 2.10. The van der Waals surface area contributed by atoms with E-state index in [0.717, 1.165) is 17.5 Å². The zero-order valence-corrected chi connectivity index (χ0v) is 10.5. The molecule has 0 aliphatic heterocycles. The minimum atomic E-state index is -4.47. The number of aryl methyl sites for hydroxylation is 1. The molecule has 2 aromatic heterocycles. The molecule has 0 spiro atoms. The second-order valence-corrected chi connectivity index (χ2v) is 5.54. The van der Waals surface area contributed by atoms with E-state index in [2.05, 4.69) is 4.98 Å². The summed E-state index contributed by atoms with van der Waals surface area (Å²) in [6.07, 6.45) is -3.35. The molecule has 2 aromatic rings. The Labute approximate surface area is 108 Å². The molecule has 0 aliphatic carbocycles. The molecule has 0 bridgehead atoms. The first-order chi connectivity index (χ1) is 8.29. The van der Waals surface area contributed by atoms with Crippen LogP contribution in [-0.2, 0) is 6.18 Å². The van der Waals surface area contributed by atoms with Gasteiger partial charge < -0.3 is 5.11 Å². The van der Waals surface area contributed by atoms with Gasteiger partial charge in [-0.3, -0.25) is 0 Å². The van der Waals surface area contributed by atoms with Crippen LogP contribution in [0.1, 0.15) is 20.2 Å². The minimum absolute atomic E-state index is 0.101. The molecule has 0 saturated heterocycles. The first-order valence-electron chi connectivity index (χ1n) is 4.66. The van der Waals surface area contributed by atoms with E-state index < -0.39 is 17.2 Å². The number of rotatable bonds is 2. The van der Waals surface area contributed by atoms with Crippen molar-refractivity contribution in [2.24, 2.45) is 0 Å². The summed E-state index contributed by atoms with van der Waals surface area (Å²) in [6, 6.07) is 1.44. The van der Waals surface area contributed by atoms with Crippen LogP contribution in [0.2, 0.25) is 0 Å². The van der Waals surface area contributed by atoms with Crippen LogP contribution < -0.4 is 0 Å². The molecule has 0 aliphatic rings. The lowest BCUT2D eigenvalue weighted by molar-refractivity contribution is -0.137. The molecule has 2 rings (SSSR count). The Morgan fingerprint density at radius 1 is 1.39 bits per heavy atom. The Kier molecular flexibility index (Phi) is 3.16. The number of hydrogen-bond donors (Lipinski definition) is 1. The van der Waals surface area contributed by atoms with Crippen molar-refractivity contribution in [1.82, 2.24) is 4.98 Å². The lowest BCUT2D eigenvalue weighted by Crippen LogP contribution is -2.02. The maximum Gasteiger partial charge on any atom is 0.443 e. The molecule has 1 N–H and O–H groups in total. The highest BCUT2D eigenvalue weighted by atomic mass is 32.1. The first-order valence-corrected chi connectivity index (χ1v) is 6.29. The van der Waals surface area contributed by atoms with Crippen molar-refractivity contribution in [2.45, 2.75) is 13.1 Å². The van der Waals surface area contributed by atoms with E-state index in [1.54, 1.807) is 6.92 Å². The van der Waals surface area contributed by atoms with Crippen LogP contribution in [0.4, 0.5) is 13.2 Å². The number of alkyl halides is 3. The van der Waals surface area contributed by atoms with Crippen LogP contribution >= 0.6 is 22.7 Å². The third kappa shape index (κ3) is 2.39. The molecule has 96 valence electrons. The topological polar surface area (TPSA) is 50.2 Å². The predicted octanol–water partition coefficient (Wildman–Crippen LogP) is 3.90. The van der Waals surface area contributed by atoms with Gasteiger partial charge >= 0.3 is 12.1 Å². The SMILES string of the molecule is Cc1cc(C(=O)O)sc1-c1cnc(C(F)(F)F)s1. The zero-order chi connectivity index (χ0) is 13.5. The number of hydrogen-bond acceptors (Lipinski definition) is 4. The van der Waals surface area contributed by atoms with Crippen LogP contribution in [0.15, 0.2) is 12.3 Å². The minimum Gasteiger partial charge on any atom is -0.477 e. The van der Waals surface area contributed by atoms with Gasteiger partial charge in [0.25, 0.3) is 0 Å². The molecule has 2 heterocycles. The van der Waals surface area contributed by atoms with E-state index in [-0.39, 0.29) is 4.88 Å². The van der Waals surface area contributed by atoms with Gasteiger partial charge in [-0.05, 0) is 18.6 Å². The van der Waals surface area contributed by atoms with E-state index in [1.807, 2.05) is 0 Å². The van der Waals surface area contributed by atoms with Gasteiger partial charge in [-0.1, -0.05) is 0 Å². The monoisotopic (exact) mass is 293 g/mol. The predicted molar refractivity (Wildman–Crippen MR) is 62.1 cm³/mol. The fourth-order valence-corrected chi connectivity index (χ4v) is 3.30. The van der Waals surface area contributed by atoms with Gasteiger partial charge in [-0.2, -0.15) is 13.2 Å². The summed E-state index contributed by atoms with van der Waals surface area (Å²) in [5.41, 5.74) is 0.634. The fourth-order valence-electron chi connectivity index (χ4n) is 1.34. The summed E-state index contributed by atoms with van der Waals surface area (Å²) >= 11 is 1.46.